The molecule has 0 spiro atoms. The molecule has 0 atom stereocenters. The molecule has 118 valence electrons. The summed E-state index contributed by atoms with van der Waals surface area (Å²) in [6.45, 7) is 7.65. The topological polar surface area (TPSA) is 68.2 Å². The summed E-state index contributed by atoms with van der Waals surface area (Å²) >= 11 is 0. The molecule has 1 fully saturated rings. The number of nitrogens with one attached hydrogen (secondary N) is 2. The van der Waals surface area contributed by atoms with Gasteiger partial charge in [0.1, 0.15) is 0 Å². The monoisotopic (exact) mass is 294 g/mol. The second kappa shape index (κ2) is 8.14. The first-order valence-corrected chi connectivity index (χ1v) is 7.74. The van der Waals surface area contributed by atoms with Crippen LogP contribution in [0.5, 0.6) is 0 Å². The molecule has 0 bridgehead atoms. The zero-order valence-corrected chi connectivity index (χ0v) is 13.0. The Hall–Kier alpha value is -1.40. The summed E-state index contributed by atoms with van der Waals surface area (Å²) in [6, 6.07) is 2.36. The van der Waals surface area contributed by atoms with Gasteiger partial charge in [0, 0.05) is 31.5 Å². The van der Waals surface area contributed by atoms with Crippen molar-refractivity contribution in [2.24, 2.45) is 0 Å². The molecule has 0 saturated carbocycles. The lowest BCUT2D eigenvalue weighted by Gasteiger charge is -2.23. The molecule has 21 heavy (non-hydrogen) atoms. The minimum absolute atomic E-state index is 0.0769. The van der Waals surface area contributed by atoms with Crippen molar-refractivity contribution in [1.29, 1.82) is 0 Å². The lowest BCUT2D eigenvalue weighted by molar-refractivity contribution is -0.121. The van der Waals surface area contributed by atoms with Gasteiger partial charge in [-0.05, 0) is 45.7 Å². The molecule has 0 aromatic carbocycles. The summed E-state index contributed by atoms with van der Waals surface area (Å²) in [5.74, 6) is 0.0769. The molecule has 0 unspecified atom stereocenters. The van der Waals surface area contributed by atoms with E-state index in [0.717, 1.165) is 51.3 Å². The molecule has 1 amide bonds. The van der Waals surface area contributed by atoms with Crippen LogP contribution in [0, 0.1) is 13.8 Å². The van der Waals surface area contributed by atoms with Crippen LogP contribution in [0.2, 0.25) is 0 Å². The summed E-state index contributed by atoms with van der Waals surface area (Å²) in [7, 11) is 0. The fraction of sp³-hybridized carbons (Fsp3) is 0.733. The van der Waals surface area contributed by atoms with Crippen LogP contribution in [0.15, 0.2) is 6.07 Å². The Morgan fingerprint density at radius 3 is 2.86 bits per heavy atom. The number of hydrogen-bond acceptors (Lipinski definition) is 4. The molecular weight excluding hydrogens is 268 g/mol. The van der Waals surface area contributed by atoms with E-state index in [-0.39, 0.29) is 11.9 Å². The largest absolute Gasteiger partial charge is 0.381 e. The number of rotatable bonds is 7. The van der Waals surface area contributed by atoms with Crippen LogP contribution < -0.4 is 10.6 Å². The highest BCUT2D eigenvalue weighted by molar-refractivity contribution is 5.78. The number of carbonyl (C=O) groups excluding carboxylic acids is 1. The lowest BCUT2D eigenvalue weighted by atomic mass is 10.1. The van der Waals surface area contributed by atoms with E-state index in [0.29, 0.717) is 6.54 Å². The summed E-state index contributed by atoms with van der Waals surface area (Å²) < 4.78 is 7.29. The van der Waals surface area contributed by atoms with E-state index in [1.165, 1.54) is 5.69 Å². The lowest BCUT2D eigenvalue weighted by Crippen LogP contribution is -2.43. The van der Waals surface area contributed by atoms with Crippen LogP contribution in [0.3, 0.4) is 0 Å². The van der Waals surface area contributed by atoms with Gasteiger partial charge in [0.2, 0.25) is 5.91 Å². The highest BCUT2D eigenvalue weighted by Crippen LogP contribution is 2.05. The van der Waals surface area contributed by atoms with E-state index in [2.05, 4.69) is 28.7 Å². The third-order valence-electron chi connectivity index (χ3n) is 3.70. The summed E-state index contributed by atoms with van der Waals surface area (Å²) in [6.07, 6.45) is 2.81. The molecule has 1 aliphatic rings. The third-order valence-corrected chi connectivity index (χ3v) is 3.70. The minimum Gasteiger partial charge on any atom is -0.381 e. The van der Waals surface area contributed by atoms with E-state index in [1.807, 2.05) is 11.6 Å². The first-order chi connectivity index (χ1) is 10.1. The number of amides is 1. The van der Waals surface area contributed by atoms with E-state index >= 15 is 0 Å². The minimum atomic E-state index is 0.0769. The number of ether oxygens (including phenoxy) is 1. The molecule has 1 saturated heterocycles. The van der Waals surface area contributed by atoms with Crippen molar-refractivity contribution in [3.63, 3.8) is 0 Å². The molecular formula is C15H26N4O2. The van der Waals surface area contributed by atoms with Crippen LogP contribution in [-0.2, 0) is 16.1 Å². The number of aromatic nitrogens is 2. The van der Waals surface area contributed by atoms with Crippen molar-refractivity contribution >= 4 is 5.91 Å². The van der Waals surface area contributed by atoms with Crippen molar-refractivity contribution in [2.75, 3.05) is 26.3 Å². The van der Waals surface area contributed by atoms with E-state index in [9.17, 15) is 4.79 Å². The normalized spacial score (nSPS) is 16.1. The van der Waals surface area contributed by atoms with Crippen molar-refractivity contribution in [3.05, 3.63) is 17.5 Å². The van der Waals surface area contributed by atoms with E-state index in [1.54, 1.807) is 0 Å². The Morgan fingerprint density at radius 2 is 2.19 bits per heavy atom. The number of nitrogens with zero attached hydrogens (tertiary/aromatic N) is 2. The zero-order valence-electron chi connectivity index (χ0n) is 13.0. The van der Waals surface area contributed by atoms with Gasteiger partial charge in [-0.25, -0.2) is 0 Å². The van der Waals surface area contributed by atoms with Crippen LogP contribution in [-0.4, -0.2) is 48.0 Å². The first-order valence-electron chi connectivity index (χ1n) is 7.74. The maximum absolute atomic E-state index is 11.8. The van der Waals surface area contributed by atoms with Gasteiger partial charge in [-0.3, -0.25) is 9.48 Å². The maximum atomic E-state index is 11.8. The van der Waals surface area contributed by atoms with E-state index in [4.69, 9.17) is 4.74 Å². The molecule has 6 heteroatoms. The van der Waals surface area contributed by atoms with E-state index < -0.39 is 0 Å². The summed E-state index contributed by atoms with van der Waals surface area (Å²) in [5.41, 5.74) is 2.24. The highest BCUT2D eigenvalue weighted by atomic mass is 16.5. The van der Waals surface area contributed by atoms with Gasteiger partial charge in [0.05, 0.1) is 12.2 Å². The third kappa shape index (κ3) is 5.47. The molecule has 6 nitrogen and oxygen atoms in total. The Labute approximate surface area is 126 Å². The van der Waals surface area contributed by atoms with Crippen LogP contribution in [0.1, 0.15) is 30.7 Å². The average molecular weight is 294 g/mol. The molecule has 1 aromatic heterocycles. The molecule has 2 N–H and O–H groups in total. The van der Waals surface area contributed by atoms with Crippen molar-refractivity contribution in [2.45, 2.75) is 45.7 Å². The van der Waals surface area contributed by atoms with Crippen LogP contribution in [0.4, 0.5) is 0 Å². The van der Waals surface area contributed by atoms with Gasteiger partial charge in [-0.1, -0.05) is 0 Å². The highest BCUT2D eigenvalue weighted by Gasteiger charge is 2.15. The fourth-order valence-corrected chi connectivity index (χ4v) is 2.58. The van der Waals surface area contributed by atoms with Crippen molar-refractivity contribution < 1.29 is 9.53 Å². The van der Waals surface area contributed by atoms with Gasteiger partial charge in [0.15, 0.2) is 0 Å². The Kier molecular flexibility index (Phi) is 6.20. The predicted molar refractivity (Wildman–Crippen MR) is 81.2 cm³/mol. The molecule has 2 rings (SSSR count). The Balaban J connectivity index is 1.54. The zero-order chi connectivity index (χ0) is 15.1. The van der Waals surface area contributed by atoms with Crippen molar-refractivity contribution in [1.82, 2.24) is 20.4 Å². The second-order valence-electron chi connectivity index (χ2n) is 5.63. The summed E-state index contributed by atoms with van der Waals surface area (Å²) in [4.78, 5) is 11.8. The van der Waals surface area contributed by atoms with Gasteiger partial charge in [-0.2, -0.15) is 5.10 Å². The van der Waals surface area contributed by atoms with Crippen LogP contribution in [0.25, 0.3) is 0 Å². The van der Waals surface area contributed by atoms with Gasteiger partial charge in [0.25, 0.3) is 0 Å². The SMILES string of the molecule is Cc1cc(C)n(CCCNCC(=O)NC2CCOCC2)n1. The maximum Gasteiger partial charge on any atom is 0.234 e. The predicted octanol–water partition coefficient (Wildman–Crippen LogP) is 0.775. The molecule has 1 aromatic rings. The van der Waals surface area contributed by atoms with Gasteiger partial charge < -0.3 is 15.4 Å². The number of aryl methyl sites for hydroxylation is 3. The average Bonchev–Trinajstić information content (AvgIpc) is 2.78. The molecule has 0 radical (unpaired) electrons. The number of hydrogen-bond donors (Lipinski definition) is 2. The first kappa shape index (κ1) is 16.0. The molecule has 1 aliphatic heterocycles. The fourth-order valence-electron chi connectivity index (χ4n) is 2.58. The smallest absolute Gasteiger partial charge is 0.234 e. The van der Waals surface area contributed by atoms with Crippen molar-refractivity contribution in [3.8, 4) is 0 Å². The molecule has 2 heterocycles. The Bertz CT molecular complexity index is 453. The second-order valence-corrected chi connectivity index (χ2v) is 5.63. The number of carbonyl (C=O) groups is 1. The molecule has 0 aliphatic carbocycles. The van der Waals surface area contributed by atoms with Gasteiger partial charge >= 0.3 is 0 Å². The van der Waals surface area contributed by atoms with Crippen LogP contribution >= 0.6 is 0 Å². The van der Waals surface area contributed by atoms with Gasteiger partial charge in [-0.15, -0.1) is 0 Å². The Morgan fingerprint density at radius 1 is 1.43 bits per heavy atom. The standard InChI is InChI=1S/C15H26N4O2/c1-12-10-13(2)19(18-12)7-3-6-16-11-15(20)17-14-4-8-21-9-5-14/h10,14,16H,3-9,11H2,1-2H3,(H,17,20). The summed E-state index contributed by atoms with van der Waals surface area (Å²) in [5, 5.41) is 10.6. The quantitative estimate of drug-likeness (QED) is 0.729.